The fourth-order valence-electron chi connectivity index (χ4n) is 3.55. The number of rotatable bonds is 6. The number of carboxylic acid groups (broad SMARTS) is 1. The number of aromatic carboxylic acids is 1. The Labute approximate surface area is 179 Å². The summed E-state index contributed by atoms with van der Waals surface area (Å²) in [6.07, 6.45) is 8.64. The molecule has 0 bridgehead atoms. The van der Waals surface area contributed by atoms with Crippen molar-refractivity contribution < 1.29 is 23.1 Å². The number of carboxylic acids is 1. The van der Waals surface area contributed by atoms with Gasteiger partial charge in [0.15, 0.2) is 5.78 Å². The largest absolute Gasteiger partial charge is 0.478 e. The van der Waals surface area contributed by atoms with Gasteiger partial charge in [-0.3, -0.25) is 9.20 Å². The van der Waals surface area contributed by atoms with Gasteiger partial charge in [0.05, 0.1) is 22.3 Å². The summed E-state index contributed by atoms with van der Waals surface area (Å²) in [5.74, 6) is -1.35. The molecule has 2 aromatic heterocycles. The van der Waals surface area contributed by atoms with E-state index in [1.54, 1.807) is 22.7 Å². The van der Waals surface area contributed by atoms with E-state index in [4.69, 9.17) is 5.11 Å². The molecule has 9 heteroatoms. The highest BCUT2D eigenvalue weighted by molar-refractivity contribution is 7.89. The first-order chi connectivity index (χ1) is 14.9. The molecule has 0 spiro atoms. The molecular weight excluding hydrogens is 418 g/mol. The third-order valence-corrected chi connectivity index (χ3v) is 7.19. The van der Waals surface area contributed by atoms with Crippen molar-refractivity contribution in [3.8, 4) is 0 Å². The van der Waals surface area contributed by atoms with E-state index in [0.717, 1.165) is 19.3 Å². The second-order valence-electron chi connectivity index (χ2n) is 7.32. The molecular formula is C22H21N3O5S. The van der Waals surface area contributed by atoms with Crippen molar-refractivity contribution in [1.29, 1.82) is 0 Å². The Kier molecular flexibility index (Phi) is 5.71. The number of aromatic nitrogens is 2. The van der Waals surface area contributed by atoms with Gasteiger partial charge in [-0.2, -0.15) is 4.31 Å². The van der Waals surface area contributed by atoms with Crippen LogP contribution >= 0.6 is 0 Å². The minimum Gasteiger partial charge on any atom is -0.478 e. The number of fused-ring (bicyclic) bond motifs is 1. The number of hydrogen-bond acceptors (Lipinski definition) is 5. The van der Waals surface area contributed by atoms with E-state index in [0.29, 0.717) is 30.0 Å². The molecule has 0 amide bonds. The van der Waals surface area contributed by atoms with Crippen molar-refractivity contribution in [3.63, 3.8) is 0 Å². The first kappa shape index (κ1) is 21.0. The molecule has 0 saturated carbocycles. The van der Waals surface area contributed by atoms with Crippen LogP contribution in [-0.2, 0) is 10.0 Å². The summed E-state index contributed by atoms with van der Waals surface area (Å²) in [6.45, 7) is 1.04. The van der Waals surface area contributed by atoms with E-state index in [9.17, 15) is 18.0 Å². The molecule has 1 N–H and O–H groups in total. The van der Waals surface area contributed by atoms with E-state index in [-0.39, 0.29) is 16.2 Å². The van der Waals surface area contributed by atoms with Gasteiger partial charge in [0.25, 0.3) is 0 Å². The SMILES string of the molecule is O=C(O)c1ccc2ncc(/C=C/C(=O)c3ccc(S(=O)(=O)N4CCCCC4)cc3)n2c1. The lowest BCUT2D eigenvalue weighted by molar-refractivity contribution is 0.0696. The van der Waals surface area contributed by atoms with Crippen LogP contribution in [0.2, 0.25) is 0 Å². The summed E-state index contributed by atoms with van der Waals surface area (Å²) >= 11 is 0. The van der Waals surface area contributed by atoms with Crippen molar-refractivity contribution in [2.24, 2.45) is 0 Å². The van der Waals surface area contributed by atoms with Gasteiger partial charge in [-0.25, -0.2) is 18.2 Å². The Balaban J connectivity index is 1.53. The van der Waals surface area contributed by atoms with Crippen LogP contribution in [0.4, 0.5) is 0 Å². The molecule has 0 aliphatic carbocycles. The van der Waals surface area contributed by atoms with Crippen molar-refractivity contribution in [3.05, 3.63) is 71.7 Å². The Morgan fingerprint density at radius 3 is 2.32 bits per heavy atom. The van der Waals surface area contributed by atoms with Crippen molar-refractivity contribution in [2.75, 3.05) is 13.1 Å². The van der Waals surface area contributed by atoms with Crippen molar-refractivity contribution in [1.82, 2.24) is 13.7 Å². The number of nitrogens with zero attached hydrogens (tertiary/aromatic N) is 3. The third-order valence-electron chi connectivity index (χ3n) is 5.28. The smallest absolute Gasteiger partial charge is 0.337 e. The normalized spacial score (nSPS) is 15.5. The lowest BCUT2D eigenvalue weighted by Crippen LogP contribution is -2.35. The van der Waals surface area contributed by atoms with E-state index in [2.05, 4.69) is 4.98 Å². The summed E-state index contributed by atoms with van der Waals surface area (Å²) in [4.78, 5) is 28.1. The molecule has 0 radical (unpaired) electrons. The van der Waals surface area contributed by atoms with Gasteiger partial charge in [-0.1, -0.05) is 6.42 Å². The van der Waals surface area contributed by atoms with Crippen LogP contribution in [0.25, 0.3) is 11.7 Å². The standard InChI is InChI=1S/C22H21N3O5S/c26-20(10-7-18-14-23-21-11-6-17(22(27)28)15-25(18)21)16-4-8-19(9-5-16)31(29,30)24-12-2-1-3-13-24/h4-11,14-15H,1-3,12-13H2,(H,27,28)/b10-7+. The van der Waals surface area contributed by atoms with Crippen molar-refractivity contribution >= 4 is 33.5 Å². The first-order valence-electron chi connectivity index (χ1n) is 9.89. The monoisotopic (exact) mass is 439 g/mol. The Morgan fingerprint density at radius 2 is 1.65 bits per heavy atom. The average molecular weight is 439 g/mol. The number of carbonyl (C=O) groups excluding carboxylic acids is 1. The molecule has 3 aromatic rings. The molecule has 0 atom stereocenters. The van der Waals surface area contributed by atoms with Crippen LogP contribution in [0.1, 0.15) is 45.7 Å². The molecule has 1 fully saturated rings. The van der Waals surface area contributed by atoms with Crippen LogP contribution < -0.4 is 0 Å². The maximum atomic E-state index is 12.7. The maximum Gasteiger partial charge on any atom is 0.337 e. The van der Waals surface area contributed by atoms with Crippen LogP contribution in [0.5, 0.6) is 0 Å². The number of pyridine rings is 1. The lowest BCUT2D eigenvalue weighted by Gasteiger charge is -2.25. The molecule has 4 rings (SSSR count). The lowest BCUT2D eigenvalue weighted by atomic mass is 10.1. The molecule has 1 saturated heterocycles. The van der Waals surface area contributed by atoms with Crippen LogP contribution in [0.3, 0.4) is 0 Å². The molecule has 1 aliphatic heterocycles. The molecule has 160 valence electrons. The molecule has 1 aromatic carbocycles. The van der Waals surface area contributed by atoms with E-state index in [1.807, 2.05) is 0 Å². The molecule has 3 heterocycles. The van der Waals surface area contributed by atoms with Gasteiger partial charge in [-0.15, -0.1) is 0 Å². The number of allylic oxidation sites excluding steroid dienone is 1. The zero-order chi connectivity index (χ0) is 22.0. The topological polar surface area (TPSA) is 109 Å². The van der Waals surface area contributed by atoms with E-state index in [1.165, 1.54) is 46.9 Å². The molecule has 1 aliphatic rings. The van der Waals surface area contributed by atoms with E-state index >= 15 is 0 Å². The number of sulfonamides is 1. The predicted octanol–water partition coefficient (Wildman–Crippen LogP) is 3.10. The molecule has 8 nitrogen and oxygen atoms in total. The summed E-state index contributed by atoms with van der Waals surface area (Å²) in [7, 11) is -3.54. The van der Waals surface area contributed by atoms with Gasteiger partial charge < -0.3 is 5.11 Å². The maximum absolute atomic E-state index is 12.7. The fourth-order valence-corrected chi connectivity index (χ4v) is 5.07. The Morgan fingerprint density at radius 1 is 0.968 bits per heavy atom. The van der Waals surface area contributed by atoms with Gasteiger partial charge in [0.1, 0.15) is 5.65 Å². The van der Waals surface area contributed by atoms with Crippen LogP contribution in [0, 0.1) is 0 Å². The quantitative estimate of drug-likeness (QED) is 0.467. The number of ketones is 1. The zero-order valence-electron chi connectivity index (χ0n) is 16.6. The van der Waals surface area contributed by atoms with Gasteiger partial charge in [0.2, 0.25) is 10.0 Å². The van der Waals surface area contributed by atoms with E-state index < -0.39 is 16.0 Å². The highest BCUT2D eigenvalue weighted by Crippen LogP contribution is 2.21. The number of carbonyl (C=O) groups is 2. The predicted molar refractivity (Wildman–Crippen MR) is 115 cm³/mol. The summed E-state index contributed by atoms with van der Waals surface area (Å²) in [5.41, 5.74) is 1.57. The zero-order valence-corrected chi connectivity index (χ0v) is 17.5. The van der Waals surface area contributed by atoms with Crippen LogP contribution in [-0.4, -0.2) is 52.1 Å². The summed E-state index contributed by atoms with van der Waals surface area (Å²) in [6, 6.07) is 8.96. The van der Waals surface area contributed by atoms with Crippen LogP contribution in [0.15, 0.2) is 59.8 Å². The minimum atomic E-state index is -3.54. The highest BCUT2D eigenvalue weighted by atomic mass is 32.2. The first-order valence-corrected chi connectivity index (χ1v) is 11.3. The number of benzene rings is 1. The summed E-state index contributed by atoms with van der Waals surface area (Å²) in [5, 5.41) is 9.15. The fraction of sp³-hybridized carbons (Fsp3) is 0.227. The third kappa shape index (κ3) is 4.28. The Hall–Kier alpha value is -3.30. The number of imidazole rings is 1. The minimum absolute atomic E-state index is 0.108. The second-order valence-corrected chi connectivity index (χ2v) is 9.26. The van der Waals surface area contributed by atoms with Gasteiger partial charge >= 0.3 is 5.97 Å². The summed E-state index contributed by atoms with van der Waals surface area (Å²) < 4.78 is 28.5. The van der Waals surface area contributed by atoms with Gasteiger partial charge in [-0.05, 0) is 61.4 Å². The Bertz CT molecular complexity index is 1270. The number of hydrogen-bond donors (Lipinski definition) is 1. The average Bonchev–Trinajstić information content (AvgIpc) is 3.20. The molecule has 31 heavy (non-hydrogen) atoms. The highest BCUT2D eigenvalue weighted by Gasteiger charge is 2.25. The van der Waals surface area contributed by atoms with Crippen molar-refractivity contribution in [2.45, 2.75) is 24.2 Å². The second kappa shape index (κ2) is 8.44. The number of piperidine rings is 1. The van der Waals surface area contributed by atoms with Gasteiger partial charge in [0, 0.05) is 24.8 Å². The molecule has 0 unspecified atom stereocenters.